The Hall–Kier alpha value is -1.51. The van der Waals surface area contributed by atoms with E-state index >= 15 is 0 Å². The first-order valence-electron chi connectivity index (χ1n) is 5.84. The summed E-state index contributed by atoms with van der Waals surface area (Å²) in [6, 6.07) is 4.18. The molecule has 0 amide bonds. The van der Waals surface area contributed by atoms with Gasteiger partial charge in [-0.25, -0.2) is 8.42 Å². The van der Waals surface area contributed by atoms with Crippen LogP contribution < -0.4 is 0 Å². The molecule has 1 aromatic rings. The molecule has 0 atom stereocenters. The van der Waals surface area contributed by atoms with E-state index in [9.17, 15) is 18.5 Å². The lowest BCUT2D eigenvalue weighted by Crippen LogP contribution is -2.36. The van der Waals surface area contributed by atoms with Crippen LogP contribution in [0, 0.1) is 17.0 Å². The van der Waals surface area contributed by atoms with E-state index in [4.69, 9.17) is 4.84 Å². The van der Waals surface area contributed by atoms with Gasteiger partial charge in [0.05, 0.1) is 11.5 Å². The van der Waals surface area contributed by atoms with Crippen molar-refractivity contribution in [1.82, 2.24) is 4.47 Å². The summed E-state index contributed by atoms with van der Waals surface area (Å²) in [5, 5.41) is 11.0. The van der Waals surface area contributed by atoms with Crippen LogP contribution in [0.25, 0.3) is 0 Å². The van der Waals surface area contributed by atoms with Crippen LogP contribution in [0.2, 0.25) is 0 Å². The van der Waals surface area contributed by atoms with Gasteiger partial charge in [-0.15, -0.1) is 0 Å². The number of nitrogens with zero attached hydrogens (tertiary/aromatic N) is 2. The van der Waals surface area contributed by atoms with Crippen LogP contribution in [-0.4, -0.2) is 31.0 Å². The van der Waals surface area contributed by atoms with Crippen molar-refractivity contribution in [2.75, 3.05) is 13.2 Å². The maximum Gasteiger partial charge on any atom is 0.289 e. The first-order chi connectivity index (χ1) is 8.94. The molecule has 0 unspecified atom stereocenters. The van der Waals surface area contributed by atoms with E-state index < -0.39 is 20.6 Å². The summed E-state index contributed by atoms with van der Waals surface area (Å²) in [7, 11) is -4.00. The largest absolute Gasteiger partial charge is 0.289 e. The van der Waals surface area contributed by atoms with Crippen molar-refractivity contribution in [3.8, 4) is 0 Å². The number of hydrogen-bond donors (Lipinski definition) is 0. The predicted octanol–water partition coefficient (Wildman–Crippen LogP) is 1.62. The third-order valence-corrected chi connectivity index (χ3v) is 4.76. The van der Waals surface area contributed by atoms with E-state index in [2.05, 4.69) is 0 Å². The molecular formula is C11H14N2O5S. The number of nitro groups is 1. The second-order valence-corrected chi connectivity index (χ2v) is 6.02. The average Bonchev–Trinajstić information content (AvgIpc) is 2.39. The number of aryl methyl sites for hydroxylation is 1. The van der Waals surface area contributed by atoms with Gasteiger partial charge in [0.15, 0.2) is 4.90 Å². The molecule has 0 N–H and O–H groups in total. The molecule has 1 aromatic carbocycles. The van der Waals surface area contributed by atoms with E-state index in [1.807, 2.05) is 0 Å². The summed E-state index contributed by atoms with van der Waals surface area (Å²) >= 11 is 0. The Morgan fingerprint density at radius 2 is 2.11 bits per heavy atom. The minimum Gasteiger partial charge on any atom is -0.284 e. The minimum absolute atomic E-state index is 0.216. The van der Waals surface area contributed by atoms with Gasteiger partial charge < -0.3 is 0 Å². The predicted molar refractivity (Wildman–Crippen MR) is 66.9 cm³/mol. The molecule has 1 heterocycles. The van der Waals surface area contributed by atoms with Crippen molar-refractivity contribution in [1.29, 1.82) is 0 Å². The Balaban J connectivity index is 2.53. The van der Waals surface area contributed by atoms with Crippen LogP contribution in [0.15, 0.2) is 23.1 Å². The van der Waals surface area contributed by atoms with Crippen molar-refractivity contribution >= 4 is 15.7 Å². The number of hydroxylamine groups is 1. The highest BCUT2D eigenvalue weighted by Crippen LogP contribution is 2.30. The average molecular weight is 286 g/mol. The van der Waals surface area contributed by atoms with E-state index in [0.29, 0.717) is 18.6 Å². The molecular weight excluding hydrogens is 272 g/mol. The fourth-order valence-electron chi connectivity index (χ4n) is 1.98. The van der Waals surface area contributed by atoms with Gasteiger partial charge in [0.2, 0.25) is 0 Å². The Kier molecular flexibility index (Phi) is 3.83. The van der Waals surface area contributed by atoms with Crippen LogP contribution in [0.5, 0.6) is 0 Å². The van der Waals surface area contributed by atoms with Gasteiger partial charge in [-0.05, 0) is 25.3 Å². The Morgan fingerprint density at radius 1 is 1.37 bits per heavy atom. The van der Waals surface area contributed by atoms with Crippen molar-refractivity contribution < 1.29 is 18.2 Å². The van der Waals surface area contributed by atoms with E-state index in [1.54, 1.807) is 0 Å². The highest BCUT2D eigenvalue weighted by molar-refractivity contribution is 7.89. The smallest absolute Gasteiger partial charge is 0.284 e. The topological polar surface area (TPSA) is 89.8 Å². The number of sulfonamides is 1. The number of nitro benzene ring substituents is 1. The fraction of sp³-hybridized carbons (Fsp3) is 0.455. The van der Waals surface area contributed by atoms with Gasteiger partial charge in [0, 0.05) is 12.6 Å². The molecule has 0 aliphatic carbocycles. The summed E-state index contributed by atoms with van der Waals surface area (Å²) in [4.78, 5) is 15.1. The van der Waals surface area contributed by atoms with Gasteiger partial charge in [-0.3, -0.25) is 15.0 Å². The standard InChI is InChI=1S/C11H14N2O5S/c1-9-5-4-6-10(13(14)15)11(9)19(16,17)12-7-2-3-8-18-12/h4-6H,2-3,7-8H2,1H3. The van der Waals surface area contributed by atoms with E-state index in [0.717, 1.165) is 10.9 Å². The molecule has 19 heavy (non-hydrogen) atoms. The quantitative estimate of drug-likeness (QED) is 0.622. The molecule has 0 radical (unpaired) electrons. The molecule has 0 aromatic heterocycles. The van der Waals surface area contributed by atoms with Crippen LogP contribution >= 0.6 is 0 Å². The SMILES string of the molecule is Cc1cccc([N+](=O)[O-])c1S(=O)(=O)N1CCCCO1. The van der Waals surface area contributed by atoms with Crippen molar-refractivity contribution in [3.63, 3.8) is 0 Å². The number of hydrogen-bond acceptors (Lipinski definition) is 5. The molecule has 0 bridgehead atoms. The lowest BCUT2D eigenvalue weighted by atomic mass is 10.2. The molecule has 104 valence electrons. The second-order valence-electron chi connectivity index (χ2n) is 4.25. The summed E-state index contributed by atoms with van der Waals surface area (Å²) in [6.45, 7) is 2.05. The normalized spacial score (nSPS) is 17.3. The Labute approximate surface area is 110 Å². The lowest BCUT2D eigenvalue weighted by Gasteiger charge is -2.25. The van der Waals surface area contributed by atoms with Crippen molar-refractivity contribution in [3.05, 3.63) is 33.9 Å². The molecule has 1 aliphatic rings. The highest BCUT2D eigenvalue weighted by Gasteiger charge is 2.34. The van der Waals surface area contributed by atoms with Crippen LogP contribution in [0.4, 0.5) is 5.69 Å². The zero-order valence-corrected chi connectivity index (χ0v) is 11.2. The van der Waals surface area contributed by atoms with Crippen LogP contribution in [0.1, 0.15) is 18.4 Å². The van der Waals surface area contributed by atoms with Gasteiger partial charge >= 0.3 is 0 Å². The molecule has 0 saturated carbocycles. The van der Waals surface area contributed by atoms with Crippen LogP contribution in [0.3, 0.4) is 0 Å². The molecule has 1 saturated heterocycles. The zero-order valence-electron chi connectivity index (χ0n) is 10.4. The molecule has 0 spiro atoms. The van der Waals surface area contributed by atoms with E-state index in [1.165, 1.54) is 25.1 Å². The summed E-state index contributed by atoms with van der Waals surface area (Å²) in [5.41, 5.74) is -0.0856. The lowest BCUT2D eigenvalue weighted by molar-refractivity contribution is -0.388. The maximum absolute atomic E-state index is 12.4. The second kappa shape index (κ2) is 5.24. The van der Waals surface area contributed by atoms with Crippen molar-refractivity contribution in [2.24, 2.45) is 0 Å². The number of rotatable bonds is 3. The highest BCUT2D eigenvalue weighted by atomic mass is 32.2. The van der Waals surface area contributed by atoms with E-state index in [-0.39, 0.29) is 11.4 Å². The monoisotopic (exact) mass is 286 g/mol. The Morgan fingerprint density at radius 3 is 2.68 bits per heavy atom. The zero-order chi connectivity index (χ0) is 14.0. The first-order valence-corrected chi connectivity index (χ1v) is 7.28. The van der Waals surface area contributed by atoms with Crippen molar-refractivity contribution in [2.45, 2.75) is 24.7 Å². The van der Waals surface area contributed by atoms with Crippen LogP contribution in [-0.2, 0) is 14.9 Å². The summed E-state index contributed by atoms with van der Waals surface area (Å²) in [5.74, 6) is 0. The fourth-order valence-corrected chi connectivity index (χ4v) is 3.65. The molecule has 7 nitrogen and oxygen atoms in total. The molecule has 1 aliphatic heterocycles. The molecule has 1 fully saturated rings. The third-order valence-electron chi connectivity index (χ3n) is 2.88. The minimum atomic E-state index is -4.00. The van der Waals surface area contributed by atoms with Gasteiger partial charge in [-0.1, -0.05) is 16.6 Å². The molecule has 8 heteroatoms. The molecule has 2 rings (SSSR count). The maximum atomic E-state index is 12.4. The van der Waals surface area contributed by atoms with Gasteiger partial charge in [-0.2, -0.15) is 0 Å². The third kappa shape index (κ3) is 2.60. The summed E-state index contributed by atoms with van der Waals surface area (Å²) < 4.78 is 25.7. The van der Waals surface area contributed by atoms with Gasteiger partial charge in [0.25, 0.3) is 15.7 Å². The summed E-state index contributed by atoms with van der Waals surface area (Å²) in [6.07, 6.45) is 1.46. The first kappa shape index (κ1) is 13.9. The number of benzene rings is 1. The Bertz CT molecular complexity index is 593. The van der Waals surface area contributed by atoms with Gasteiger partial charge in [0.1, 0.15) is 0 Å².